The van der Waals surface area contributed by atoms with Crippen molar-refractivity contribution in [2.24, 2.45) is 0 Å². The second kappa shape index (κ2) is 10.1. The fraction of sp³-hybridized carbons (Fsp3) is 0.222. The molecule has 1 aromatic carbocycles. The first-order chi connectivity index (χ1) is 13.0. The Balaban J connectivity index is 1.78. The Morgan fingerprint density at radius 1 is 1.00 bits per heavy atom. The van der Waals surface area contributed by atoms with Crippen LogP contribution < -0.4 is 16.0 Å². The van der Waals surface area contributed by atoms with E-state index in [1.54, 1.807) is 36.6 Å². The van der Waals surface area contributed by atoms with E-state index in [4.69, 9.17) is 4.74 Å². The lowest BCUT2D eigenvalue weighted by Gasteiger charge is -2.07. The van der Waals surface area contributed by atoms with E-state index in [1.807, 2.05) is 0 Å². The lowest BCUT2D eigenvalue weighted by molar-refractivity contribution is -0.127. The van der Waals surface area contributed by atoms with Crippen LogP contribution in [0.3, 0.4) is 0 Å². The Labute approximate surface area is 159 Å². The Bertz CT molecular complexity index is 803. The number of thiophene rings is 1. The Kier molecular flexibility index (Phi) is 7.50. The third kappa shape index (κ3) is 6.55. The number of benzene rings is 1. The van der Waals surface area contributed by atoms with Gasteiger partial charge in [0.25, 0.3) is 11.8 Å². The van der Waals surface area contributed by atoms with Crippen molar-refractivity contribution in [3.05, 3.63) is 52.2 Å². The normalized spacial score (nSPS) is 9.96. The number of anilines is 1. The molecule has 3 amide bonds. The molecule has 0 aliphatic carbocycles. The molecule has 2 rings (SSSR count). The highest BCUT2D eigenvalue weighted by molar-refractivity contribution is 7.12. The van der Waals surface area contributed by atoms with E-state index < -0.39 is 18.5 Å². The predicted octanol–water partition coefficient (Wildman–Crippen LogP) is 1.41. The summed E-state index contributed by atoms with van der Waals surface area (Å²) >= 11 is 1.33. The molecule has 27 heavy (non-hydrogen) atoms. The molecule has 3 N–H and O–H groups in total. The van der Waals surface area contributed by atoms with Crippen molar-refractivity contribution in [3.8, 4) is 0 Å². The van der Waals surface area contributed by atoms with Gasteiger partial charge in [0.1, 0.15) is 0 Å². The van der Waals surface area contributed by atoms with Gasteiger partial charge in [-0.25, -0.2) is 4.79 Å². The maximum atomic E-state index is 12.0. The highest BCUT2D eigenvalue weighted by Crippen LogP contribution is 2.14. The Morgan fingerprint density at radius 2 is 1.74 bits per heavy atom. The number of carbonyl (C=O) groups is 4. The maximum absolute atomic E-state index is 12.0. The predicted molar refractivity (Wildman–Crippen MR) is 101 cm³/mol. The van der Waals surface area contributed by atoms with Gasteiger partial charge in [-0.1, -0.05) is 6.07 Å². The maximum Gasteiger partial charge on any atom is 0.338 e. The monoisotopic (exact) mass is 389 g/mol. The summed E-state index contributed by atoms with van der Waals surface area (Å²) in [7, 11) is 0. The van der Waals surface area contributed by atoms with Gasteiger partial charge in [-0.05, 0) is 42.6 Å². The summed E-state index contributed by atoms with van der Waals surface area (Å²) in [6.45, 7) is 1.56. The van der Waals surface area contributed by atoms with E-state index in [1.165, 1.54) is 23.5 Å². The molecule has 8 nitrogen and oxygen atoms in total. The topological polar surface area (TPSA) is 114 Å². The number of ether oxygens (including phenoxy) is 1. The van der Waals surface area contributed by atoms with Crippen LogP contribution in [0.15, 0.2) is 41.8 Å². The minimum absolute atomic E-state index is 0.178. The second-order valence-electron chi connectivity index (χ2n) is 5.32. The Hall–Kier alpha value is -3.20. The van der Waals surface area contributed by atoms with Crippen molar-refractivity contribution in [2.45, 2.75) is 6.92 Å². The van der Waals surface area contributed by atoms with Crippen LogP contribution in [-0.2, 0) is 14.3 Å². The van der Waals surface area contributed by atoms with Crippen molar-refractivity contribution < 1.29 is 23.9 Å². The average Bonchev–Trinajstić information content (AvgIpc) is 3.20. The van der Waals surface area contributed by atoms with E-state index in [-0.39, 0.29) is 23.9 Å². The van der Waals surface area contributed by atoms with Gasteiger partial charge in [0.05, 0.1) is 17.0 Å². The summed E-state index contributed by atoms with van der Waals surface area (Å²) in [5, 5.41) is 9.39. The van der Waals surface area contributed by atoms with Crippen LogP contribution in [0.4, 0.5) is 5.69 Å². The largest absolute Gasteiger partial charge is 0.452 e. The molecule has 1 heterocycles. The fourth-order valence-electron chi connectivity index (χ4n) is 1.99. The zero-order valence-corrected chi connectivity index (χ0v) is 15.4. The highest BCUT2D eigenvalue weighted by Gasteiger charge is 2.12. The standard InChI is InChI=1S/C18H19N3O5S/c1-2-19-15(22)10-20-16(23)11-26-18(25)12-5-7-13(8-6-12)21-17(24)14-4-3-9-27-14/h3-9H,2,10-11H2,1H3,(H,19,22)(H,20,23)(H,21,24). The summed E-state index contributed by atoms with van der Waals surface area (Å²) in [6, 6.07) is 9.60. The molecule has 0 atom stereocenters. The molecule has 0 spiro atoms. The van der Waals surface area contributed by atoms with Crippen molar-refractivity contribution in [2.75, 3.05) is 25.0 Å². The molecule has 0 unspecified atom stereocenters. The molecule has 0 saturated heterocycles. The molecule has 0 saturated carbocycles. The summed E-state index contributed by atoms with van der Waals surface area (Å²) in [5.41, 5.74) is 0.769. The molecule has 0 radical (unpaired) electrons. The van der Waals surface area contributed by atoms with Crippen LogP contribution in [0.1, 0.15) is 27.0 Å². The van der Waals surface area contributed by atoms with E-state index in [0.29, 0.717) is 17.1 Å². The number of carbonyl (C=O) groups excluding carboxylic acids is 4. The number of nitrogens with one attached hydrogen (secondary N) is 3. The molecule has 0 aliphatic rings. The molecule has 0 aliphatic heterocycles. The van der Waals surface area contributed by atoms with Crippen molar-refractivity contribution in [3.63, 3.8) is 0 Å². The fourth-order valence-corrected chi connectivity index (χ4v) is 2.61. The van der Waals surface area contributed by atoms with Gasteiger partial charge < -0.3 is 20.7 Å². The summed E-state index contributed by atoms with van der Waals surface area (Å²) in [5.74, 6) is -1.81. The lowest BCUT2D eigenvalue weighted by atomic mass is 10.2. The van der Waals surface area contributed by atoms with Gasteiger partial charge >= 0.3 is 5.97 Å². The third-order valence-electron chi connectivity index (χ3n) is 3.28. The van der Waals surface area contributed by atoms with E-state index in [0.717, 1.165) is 0 Å². The van der Waals surface area contributed by atoms with Crippen LogP contribution in [0.5, 0.6) is 0 Å². The summed E-state index contributed by atoms with van der Waals surface area (Å²) in [6.07, 6.45) is 0. The number of hydrogen-bond donors (Lipinski definition) is 3. The molecule has 1 aromatic heterocycles. The number of amides is 3. The lowest BCUT2D eigenvalue weighted by Crippen LogP contribution is -2.38. The van der Waals surface area contributed by atoms with Gasteiger partial charge in [0.15, 0.2) is 6.61 Å². The molecular formula is C18H19N3O5S. The summed E-state index contributed by atoms with van der Waals surface area (Å²) < 4.78 is 4.89. The first-order valence-electron chi connectivity index (χ1n) is 8.15. The third-order valence-corrected chi connectivity index (χ3v) is 4.15. The SMILES string of the molecule is CCNC(=O)CNC(=O)COC(=O)c1ccc(NC(=O)c2cccs2)cc1. The number of rotatable bonds is 8. The first-order valence-corrected chi connectivity index (χ1v) is 9.03. The molecule has 9 heteroatoms. The van der Waals surface area contributed by atoms with Crippen LogP contribution in [0.25, 0.3) is 0 Å². The van der Waals surface area contributed by atoms with Gasteiger partial charge in [-0.15, -0.1) is 11.3 Å². The molecule has 0 bridgehead atoms. The van der Waals surface area contributed by atoms with Crippen molar-refractivity contribution in [1.29, 1.82) is 0 Å². The van der Waals surface area contributed by atoms with E-state index >= 15 is 0 Å². The molecule has 0 fully saturated rings. The van der Waals surface area contributed by atoms with Gasteiger partial charge in [-0.2, -0.15) is 0 Å². The zero-order chi connectivity index (χ0) is 19.6. The zero-order valence-electron chi connectivity index (χ0n) is 14.6. The van der Waals surface area contributed by atoms with Gasteiger partial charge in [0.2, 0.25) is 5.91 Å². The highest BCUT2D eigenvalue weighted by atomic mass is 32.1. The van der Waals surface area contributed by atoms with Gasteiger partial charge in [-0.3, -0.25) is 14.4 Å². The van der Waals surface area contributed by atoms with Gasteiger partial charge in [0, 0.05) is 12.2 Å². The molecule has 142 valence electrons. The van der Waals surface area contributed by atoms with Crippen molar-refractivity contribution in [1.82, 2.24) is 10.6 Å². The smallest absolute Gasteiger partial charge is 0.338 e. The van der Waals surface area contributed by atoms with Crippen LogP contribution in [0, 0.1) is 0 Å². The second-order valence-corrected chi connectivity index (χ2v) is 6.26. The molecular weight excluding hydrogens is 370 g/mol. The number of esters is 1. The number of likely N-dealkylation sites (N-methyl/N-ethyl adjacent to an activating group) is 1. The minimum Gasteiger partial charge on any atom is -0.452 e. The average molecular weight is 389 g/mol. The van der Waals surface area contributed by atoms with Crippen LogP contribution in [-0.4, -0.2) is 43.4 Å². The van der Waals surface area contributed by atoms with Crippen LogP contribution >= 0.6 is 11.3 Å². The van der Waals surface area contributed by atoms with E-state index in [2.05, 4.69) is 16.0 Å². The van der Waals surface area contributed by atoms with Crippen molar-refractivity contribution >= 4 is 40.7 Å². The van der Waals surface area contributed by atoms with Crippen LogP contribution in [0.2, 0.25) is 0 Å². The first kappa shape index (κ1) is 20.1. The molecule has 2 aromatic rings. The quantitative estimate of drug-likeness (QED) is 0.591. The minimum atomic E-state index is -0.681. The van der Waals surface area contributed by atoms with E-state index in [9.17, 15) is 19.2 Å². The number of hydrogen-bond acceptors (Lipinski definition) is 6. The Morgan fingerprint density at radius 3 is 2.37 bits per heavy atom. The summed E-state index contributed by atoms with van der Waals surface area (Å²) in [4.78, 5) is 47.3.